The Hall–Kier alpha value is -2.63. The van der Waals surface area contributed by atoms with Crippen LogP contribution in [-0.4, -0.2) is 33.9 Å². The van der Waals surface area contributed by atoms with Gasteiger partial charge in [-0.2, -0.15) is 0 Å². The van der Waals surface area contributed by atoms with Crippen molar-refractivity contribution in [3.8, 4) is 17.1 Å². The van der Waals surface area contributed by atoms with E-state index in [0.717, 1.165) is 16.9 Å². The molecule has 0 saturated heterocycles. The fourth-order valence-corrected chi connectivity index (χ4v) is 1.91. The number of carbonyl (C=O) groups excluding carboxylic acids is 1. The van der Waals surface area contributed by atoms with E-state index in [2.05, 4.69) is 10.1 Å². The largest absolute Gasteiger partial charge is 0.496 e. The summed E-state index contributed by atoms with van der Waals surface area (Å²) in [5, 5.41) is 4.30. The summed E-state index contributed by atoms with van der Waals surface area (Å²) in [6.07, 6.45) is 4.22. The van der Waals surface area contributed by atoms with Gasteiger partial charge in [0.2, 0.25) is 0 Å². The van der Waals surface area contributed by atoms with E-state index in [4.69, 9.17) is 9.47 Å². The molecule has 116 valence electrons. The van der Waals surface area contributed by atoms with Crippen LogP contribution in [0.4, 0.5) is 0 Å². The molecule has 0 spiro atoms. The highest BCUT2D eigenvalue weighted by molar-refractivity contribution is 5.85. The molecule has 6 nitrogen and oxygen atoms in total. The molecule has 0 saturated carbocycles. The zero-order valence-electron chi connectivity index (χ0n) is 13.1. The van der Waals surface area contributed by atoms with Crippen molar-refractivity contribution in [2.75, 3.05) is 7.11 Å². The van der Waals surface area contributed by atoms with Gasteiger partial charge in [0, 0.05) is 17.8 Å². The van der Waals surface area contributed by atoms with Gasteiger partial charge in [-0.15, -0.1) is 5.10 Å². The van der Waals surface area contributed by atoms with Gasteiger partial charge in [-0.1, -0.05) is 0 Å². The van der Waals surface area contributed by atoms with E-state index in [-0.39, 0.29) is 6.10 Å². The summed E-state index contributed by atoms with van der Waals surface area (Å²) in [7, 11) is 1.63. The first-order chi connectivity index (χ1) is 10.5. The Morgan fingerprint density at radius 2 is 2.14 bits per heavy atom. The van der Waals surface area contributed by atoms with E-state index < -0.39 is 5.97 Å². The Morgan fingerprint density at radius 3 is 2.77 bits per heavy atom. The van der Waals surface area contributed by atoms with Crippen molar-refractivity contribution in [3.63, 3.8) is 0 Å². The summed E-state index contributed by atoms with van der Waals surface area (Å²) in [6.45, 7) is 5.55. The summed E-state index contributed by atoms with van der Waals surface area (Å²) < 4.78 is 11.7. The summed E-state index contributed by atoms with van der Waals surface area (Å²) in [6, 6.07) is 5.72. The monoisotopic (exact) mass is 301 g/mol. The molecule has 2 aromatic rings. The Morgan fingerprint density at radius 1 is 1.36 bits per heavy atom. The molecular formula is C16H19N3O3. The van der Waals surface area contributed by atoms with E-state index in [1.807, 2.05) is 25.1 Å². The molecule has 0 N–H and O–H groups in total. The van der Waals surface area contributed by atoms with E-state index in [0.29, 0.717) is 5.82 Å². The number of hydrogen-bond acceptors (Lipinski definition) is 5. The van der Waals surface area contributed by atoms with Crippen molar-refractivity contribution in [2.45, 2.75) is 26.9 Å². The normalized spacial score (nSPS) is 11.1. The van der Waals surface area contributed by atoms with Crippen molar-refractivity contribution >= 4 is 12.2 Å². The van der Waals surface area contributed by atoms with Crippen LogP contribution in [0.1, 0.15) is 19.4 Å². The maximum Gasteiger partial charge on any atom is 0.332 e. The van der Waals surface area contributed by atoms with Gasteiger partial charge in [0.25, 0.3) is 0 Å². The van der Waals surface area contributed by atoms with Crippen molar-refractivity contribution in [3.05, 3.63) is 36.2 Å². The highest BCUT2D eigenvalue weighted by atomic mass is 16.5. The average Bonchev–Trinajstić information content (AvgIpc) is 2.93. The lowest BCUT2D eigenvalue weighted by Crippen LogP contribution is -2.08. The fourth-order valence-electron chi connectivity index (χ4n) is 1.91. The van der Waals surface area contributed by atoms with E-state index in [9.17, 15) is 4.79 Å². The van der Waals surface area contributed by atoms with Gasteiger partial charge in [-0.3, -0.25) is 0 Å². The van der Waals surface area contributed by atoms with Gasteiger partial charge >= 0.3 is 5.97 Å². The van der Waals surface area contributed by atoms with Crippen molar-refractivity contribution in [1.29, 1.82) is 0 Å². The zero-order chi connectivity index (χ0) is 16.1. The molecule has 0 amide bonds. The summed E-state index contributed by atoms with van der Waals surface area (Å²) >= 11 is 0. The Kier molecular flexibility index (Phi) is 4.93. The van der Waals surface area contributed by atoms with Crippen LogP contribution in [0.3, 0.4) is 0 Å². The number of aryl methyl sites for hydroxylation is 1. The summed E-state index contributed by atoms with van der Waals surface area (Å²) in [5.41, 5.74) is 1.89. The van der Waals surface area contributed by atoms with E-state index >= 15 is 0 Å². The first-order valence-electron chi connectivity index (χ1n) is 6.94. The number of esters is 1. The quantitative estimate of drug-likeness (QED) is 0.627. The lowest BCUT2D eigenvalue weighted by Gasteiger charge is -2.05. The van der Waals surface area contributed by atoms with Gasteiger partial charge < -0.3 is 9.47 Å². The van der Waals surface area contributed by atoms with Crippen LogP contribution in [0.15, 0.2) is 30.6 Å². The van der Waals surface area contributed by atoms with Gasteiger partial charge in [0.1, 0.15) is 12.1 Å². The molecule has 0 fully saturated rings. The molecule has 0 atom stereocenters. The minimum atomic E-state index is -0.410. The highest BCUT2D eigenvalue weighted by Gasteiger charge is 2.06. The number of methoxy groups -OCH3 is 1. The zero-order valence-corrected chi connectivity index (χ0v) is 13.1. The number of nitrogens with zero attached hydrogens (tertiary/aromatic N) is 3. The molecule has 0 unspecified atom stereocenters. The Labute approximate surface area is 129 Å². The van der Waals surface area contributed by atoms with Crippen LogP contribution < -0.4 is 4.74 Å². The second-order valence-corrected chi connectivity index (χ2v) is 5.03. The minimum absolute atomic E-state index is 0.147. The maximum atomic E-state index is 11.4. The topological polar surface area (TPSA) is 66.2 Å². The predicted octanol–water partition coefficient (Wildman–Crippen LogP) is 2.68. The number of carbonyl (C=O) groups is 1. The predicted molar refractivity (Wildman–Crippen MR) is 83.3 cm³/mol. The molecule has 0 aliphatic heterocycles. The van der Waals surface area contributed by atoms with Crippen LogP contribution in [-0.2, 0) is 9.53 Å². The third-order valence-electron chi connectivity index (χ3n) is 2.88. The fraction of sp³-hybridized carbons (Fsp3) is 0.312. The third-order valence-corrected chi connectivity index (χ3v) is 2.88. The van der Waals surface area contributed by atoms with Gasteiger partial charge in [0.15, 0.2) is 5.82 Å². The SMILES string of the molecule is COc1ccc(-c2ncn(/C=C\C(=O)OC(C)C)n2)cc1C. The molecule has 0 bridgehead atoms. The molecule has 0 radical (unpaired) electrons. The van der Waals surface area contributed by atoms with Crippen molar-refractivity contribution in [1.82, 2.24) is 14.8 Å². The molecule has 0 aliphatic rings. The Bertz CT molecular complexity index is 690. The first-order valence-corrected chi connectivity index (χ1v) is 6.94. The van der Waals surface area contributed by atoms with Crippen LogP contribution >= 0.6 is 0 Å². The number of ether oxygens (including phenoxy) is 2. The molecule has 1 heterocycles. The second kappa shape index (κ2) is 6.89. The standard InChI is InChI=1S/C16H19N3O3/c1-11(2)22-15(20)7-8-19-10-17-16(18-19)13-5-6-14(21-4)12(3)9-13/h5-11H,1-4H3/b8-7-. The molecule has 0 aliphatic carbocycles. The summed E-state index contributed by atoms with van der Waals surface area (Å²) in [4.78, 5) is 15.7. The smallest absolute Gasteiger partial charge is 0.332 e. The molecule has 1 aromatic carbocycles. The lowest BCUT2D eigenvalue weighted by atomic mass is 10.1. The molecule has 6 heteroatoms. The van der Waals surface area contributed by atoms with Crippen LogP contribution in [0.2, 0.25) is 0 Å². The third kappa shape index (κ3) is 3.94. The molecule has 2 rings (SSSR count). The summed E-state index contributed by atoms with van der Waals surface area (Å²) in [5.74, 6) is 0.986. The maximum absolute atomic E-state index is 11.4. The van der Waals surface area contributed by atoms with E-state index in [1.54, 1.807) is 21.0 Å². The van der Waals surface area contributed by atoms with Crippen LogP contribution in [0.25, 0.3) is 17.6 Å². The second-order valence-electron chi connectivity index (χ2n) is 5.03. The highest BCUT2D eigenvalue weighted by Crippen LogP contribution is 2.23. The van der Waals surface area contributed by atoms with Crippen LogP contribution in [0.5, 0.6) is 5.75 Å². The lowest BCUT2D eigenvalue weighted by molar-refractivity contribution is -0.141. The van der Waals surface area contributed by atoms with E-state index in [1.165, 1.54) is 23.3 Å². The first kappa shape index (κ1) is 15.8. The minimum Gasteiger partial charge on any atom is -0.496 e. The van der Waals surface area contributed by atoms with Gasteiger partial charge in [-0.25, -0.2) is 14.5 Å². The van der Waals surface area contributed by atoms with Crippen LogP contribution in [0, 0.1) is 6.92 Å². The molecular weight excluding hydrogens is 282 g/mol. The van der Waals surface area contributed by atoms with Crippen molar-refractivity contribution in [2.24, 2.45) is 0 Å². The number of hydrogen-bond donors (Lipinski definition) is 0. The number of aromatic nitrogens is 3. The average molecular weight is 301 g/mol. The molecule has 1 aromatic heterocycles. The Balaban J connectivity index is 2.13. The number of benzene rings is 1. The number of rotatable bonds is 5. The van der Waals surface area contributed by atoms with Crippen molar-refractivity contribution < 1.29 is 14.3 Å². The molecule has 22 heavy (non-hydrogen) atoms. The van der Waals surface area contributed by atoms with Gasteiger partial charge in [0.05, 0.1) is 13.2 Å². The van der Waals surface area contributed by atoms with Gasteiger partial charge in [-0.05, 0) is 44.5 Å².